The number of aromatic nitrogens is 1. The molecule has 1 aromatic heterocycles. The lowest BCUT2D eigenvalue weighted by Crippen LogP contribution is -2.40. The fourth-order valence-corrected chi connectivity index (χ4v) is 3.86. The van der Waals surface area contributed by atoms with Crippen LogP contribution in [0.1, 0.15) is 54.7 Å². The molecule has 1 aromatic rings. The van der Waals surface area contributed by atoms with Gasteiger partial charge >= 0.3 is 0 Å². The number of carbonyl (C=O) groups excluding carboxylic acids is 2. The van der Waals surface area contributed by atoms with E-state index in [0.29, 0.717) is 49.4 Å². The highest BCUT2D eigenvalue weighted by Crippen LogP contribution is 2.31. The molecule has 0 radical (unpaired) electrons. The van der Waals surface area contributed by atoms with Crippen molar-refractivity contribution in [3.63, 3.8) is 0 Å². The number of ether oxygens (including phenoxy) is 1. The van der Waals surface area contributed by atoms with Crippen molar-refractivity contribution >= 4 is 11.8 Å². The Kier molecular flexibility index (Phi) is 5.42. The Bertz CT molecular complexity index is 634. The van der Waals surface area contributed by atoms with E-state index < -0.39 is 0 Å². The Morgan fingerprint density at radius 1 is 1.28 bits per heavy atom. The van der Waals surface area contributed by atoms with Crippen LogP contribution in [-0.2, 0) is 16.0 Å². The summed E-state index contributed by atoms with van der Waals surface area (Å²) in [6.07, 6.45) is 4.01. The minimum absolute atomic E-state index is 0.0495. The van der Waals surface area contributed by atoms with Gasteiger partial charge in [-0.05, 0) is 38.5 Å². The SMILES string of the molecule is CCc1nc(C(=O)N2CCC(C[C@H]3OCC[C@H]3C(N)=O)CC2)c(C)o1. The van der Waals surface area contributed by atoms with Crippen LogP contribution in [0.2, 0.25) is 0 Å². The molecule has 2 N–H and O–H groups in total. The fourth-order valence-electron chi connectivity index (χ4n) is 3.86. The molecule has 2 aliphatic heterocycles. The molecule has 2 aliphatic rings. The highest BCUT2D eigenvalue weighted by atomic mass is 16.5. The summed E-state index contributed by atoms with van der Waals surface area (Å²) in [6, 6.07) is 0. The van der Waals surface area contributed by atoms with E-state index in [4.69, 9.17) is 14.9 Å². The van der Waals surface area contributed by atoms with Crippen molar-refractivity contribution in [2.24, 2.45) is 17.6 Å². The first-order valence-corrected chi connectivity index (χ1v) is 9.16. The van der Waals surface area contributed by atoms with Crippen LogP contribution in [0.25, 0.3) is 0 Å². The van der Waals surface area contributed by atoms with Crippen LogP contribution in [0.3, 0.4) is 0 Å². The first kappa shape index (κ1) is 17.9. The van der Waals surface area contributed by atoms with Gasteiger partial charge in [0.15, 0.2) is 11.6 Å². The summed E-state index contributed by atoms with van der Waals surface area (Å²) in [5.41, 5.74) is 5.89. The van der Waals surface area contributed by atoms with Crippen molar-refractivity contribution in [3.8, 4) is 0 Å². The van der Waals surface area contributed by atoms with Crippen LogP contribution < -0.4 is 5.73 Å². The topological polar surface area (TPSA) is 98.7 Å². The number of nitrogens with zero attached hydrogens (tertiary/aromatic N) is 2. The third kappa shape index (κ3) is 3.86. The number of rotatable bonds is 5. The molecular weight excluding hydrogens is 322 g/mol. The molecule has 7 heteroatoms. The second-order valence-electron chi connectivity index (χ2n) is 7.04. The van der Waals surface area contributed by atoms with Crippen LogP contribution in [0, 0.1) is 18.8 Å². The van der Waals surface area contributed by atoms with Crippen LogP contribution >= 0.6 is 0 Å². The number of hydrogen-bond acceptors (Lipinski definition) is 5. The van der Waals surface area contributed by atoms with E-state index in [1.807, 2.05) is 11.8 Å². The molecule has 25 heavy (non-hydrogen) atoms. The monoisotopic (exact) mass is 349 g/mol. The lowest BCUT2D eigenvalue weighted by molar-refractivity contribution is -0.123. The van der Waals surface area contributed by atoms with E-state index >= 15 is 0 Å². The molecule has 3 rings (SSSR count). The van der Waals surface area contributed by atoms with Gasteiger partial charge in [-0.25, -0.2) is 4.98 Å². The number of oxazole rings is 1. The quantitative estimate of drug-likeness (QED) is 0.872. The van der Waals surface area contributed by atoms with E-state index in [1.54, 1.807) is 6.92 Å². The van der Waals surface area contributed by atoms with Gasteiger partial charge in [-0.2, -0.15) is 0 Å². The third-order valence-electron chi connectivity index (χ3n) is 5.39. The molecule has 2 amide bonds. The van der Waals surface area contributed by atoms with E-state index in [9.17, 15) is 9.59 Å². The summed E-state index contributed by atoms with van der Waals surface area (Å²) in [7, 11) is 0. The molecule has 0 aromatic carbocycles. The molecule has 0 unspecified atom stereocenters. The van der Waals surface area contributed by atoms with Gasteiger partial charge in [0.2, 0.25) is 5.91 Å². The number of primary amides is 1. The number of nitrogens with two attached hydrogens (primary N) is 1. The number of piperidine rings is 1. The molecule has 2 saturated heterocycles. The average Bonchev–Trinajstić information content (AvgIpc) is 3.21. The van der Waals surface area contributed by atoms with Crippen molar-refractivity contribution in [1.29, 1.82) is 0 Å². The van der Waals surface area contributed by atoms with Crippen LogP contribution in [0.5, 0.6) is 0 Å². The summed E-state index contributed by atoms with van der Waals surface area (Å²) in [4.78, 5) is 30.3. The van der Waals surface area contributed by atoms with Crippen molar-refractivity contribution in [3.05, 3.63) is 17.3 Å². The lowest BCUT2D eigenvalue weighted by atomic mass is 9.86. The Balaban J connectivity index is 1.54. The number of amides is 2. The average molecular weight is 349 g/mol. The van der Waals surface area contributed by atoms with Crippen LogP contribution in [0.4, 0.5) is 0 Å². The van der Waals surface area contributed by atoms with Crippen LogP contribution in [0.15, 0.2) is 4.42 Å². The zero-order valence-corrected chi connectivity index (χ0v) is 15.0. The van der Waals surface area contributed by atoms with Crippen LogP contribution in [-0.4, -0.2) is 47.5 Å². The first-order chi connectivity index (χ1) is 12.0. The summed E-state index contributed by atoms with van der Waals surface area (Å²) in [6.45, 7) is 5.75. The second-order valence-corrected chi connectivity index (χ2v) is 7.04. The van der Waals surface area contributed by atoms with Gasteiger partial charge in [-0.15, -0.1) is 0 Å². The van der Waals surface area contributed by atoms with Gasteiger partial charge in [-0.3, -0.25) is 9.59 Å². The summed E-state index contributed by atoms with van der Waals surface area (Å²) in [5, 5.41) is 0. The molecule has 2 fully saturated rings. The third-order valence-corrected chi connectivity index (χ3v) is 5.39. The Labute approximate surface area is 147 Å². The number of hydrogen-bond donors (Lipinski definition) is 1. The van der Waals surface area contributed by atoms with E-state index in [2.05, 4.69) is 4.98 Å². The van der Waals surface area contributed by atoms with E-state index in [-0.39, 0.29) is 23.8 Å². The van der Waals surface area contributed by atoms with E-state index in [0.717, 1.165) is 25.7 Å². The largest absolute Gasteiger partial charge is 0.445 e. The molecule has 0 saturated carbocycles. The van der Waals surface area contributed by atoms with Gasteiger partial charge < -0.3 is 19.8 Å². The lowest BCUT2D eigenvalue weighted by Gasteiger charge is -2.33. The standard InChI is InChI=1S/C18H27N3O4/c1-3-15-20-16(11(2)25-15)18(23)21-7-4-12(5-8-21)10-14-13(17(19)22)6-9-24-14/h12-14H,3-10H2,1-2H3,(H2,19,22)/t13-,14-/m1/s1. The predicted octanol–water partition coefficient (Wildman–Crippen LogP) is 1.68. The van der Waals surface area contributed by atoms with Crippen molar-refractivity contribution in [2.45, 2.75) is 52.1 Å². The smallest absolute Gasteiger partial charge is 0.276 e. The van der Waals surface area contributed by atoms with Gasteiger partial charge in [0.05, 0.1) is 12.0 Å². The molecule has 7 nitrogen and oxygen atoms in total. The maximum atomic E-state index is 12.7. The van der Waals surface area contributed by atoms with E-state index in [1.165, 1.54) is 0 Å². The Morgan fingerprint density at radius 2 is 2.00 bits per heavy atom. The Hall–Kier alpha value is -1.89. The normalized spacial score (nSPS) is 24.6. The van der Waals surface area contributed by atoms with Gasteiger partial charge in [0, 0.05) is 26.1 Å². The molecule has 0 aliphatic carbocycles. The number of aryl methyl sites for hydroxylation is 2. The van der Waals surface area contributed by atoms with Crippen molar-refractivity contribution in [1.82, 2.24) is 9.88 Å². The highest BCUT2D eigenvalue weighted by molar-refractivity contribution is 5.93. The highest BCUT2D eigenvalue weighted by Gasteiger charge is 2.35. The fraction of sp³-hybridized carbons (Fsp3) is 0.722. The van der Waals surface area contributed by atoms with Crippen molar-refractivity contribution < 1.29 is 18.7 Å². The summed E-state index contributed by atoms with van der Waals surface area (Å²) >= 11 is 0. The molecule has 0 bridgehead atoms. The predicted molar refractivity (Wildman–Crippen MR) is 90.9 cm³/mol. The number of carbonyl (C=O) groups is 2. The maximum absolute atomic E-state index is 12.7. The van der Waals surface area contributed by atoms with Crippen molar-refractivity contribution in [2.75, 3.05) is 19.7 Å². The Morgan fingerprint density at radius 3 is 2.60 bits per heavy atom. The zero-order valence-electron chi connectivity index (χ0n) is 15.0. The number of likely N-dealkylation sites (tertiary alicyclic amines) is 1. The second kappa shape index (κ2) is 7.56. The maximum Gasteiger partial charge on any atom is 0.276 e. The summed E-state index contributed by atoms with van der Waals surface area (Å²) in [5.74, 6) is 1.18. The molecule has 0 spiro atoms. The van der Waals surface area contributed by atoms with Gasteiger partial charge in [0.1, 0.15) is 5.76 Å². The molecule has 2 atom stereocenters. The molecule has 138 valence electrons. The van der Waals surface area contributed by atoms with Gasteiger partial charge in [0.25, 0.3) is 5.91 Å². The molecular formula is C18H27N3O4. The summed E-state index contributed by atoms with van der Waals surface area (Å²) < 4.78 is 11.2. The molecule has 3 heterocycles. The minimum atomic E-state index is -0.261. The minimum Gasteiger partial charge on any atom is -0.445 e. The first-order valence-electron chi connectivity index (χ1n) is 9.16. The van der Waals surface area contributed by atoms with Gasteiger partial charge in [-0.1, -0.05) is 6.92 Å². The zero-order chi connectivity index (χ0) is 18.0.